The Balaban J connectivity index is 0.761. The summed E-state index contributed by atoms with van der Waals surface area (Å²) in [6, 6.07) is 39.8. The Morgan fingerprint density at radius 3 is 2.28 bits per heavy atom. The van der Waals surface area contributed by atoms with Crippen LogP contribution in [0.2, 0.25) is 0 Å². The smallest absolute Gasteiger partial charge is 0.411 e. The number of fused-ring (bicyclic) bond motifs is 1. The summed E-state index contributed by atoms with van der Waals surface area (Å²) in [6.45, 7) is 4.78. The molecule has 2 heterocycles. The lowest BCUT2D eigenvalue weighted by atomic mass is 9.92. The minimum Gasteiger partial charge on any atom is -0.506 e. The van der Waals surface area contributed by atoms with Gasteiger partial charge < -0.3 is 35.1 Å². The lowest BCUT2D eigenvalue weighted by Gasteiger charge is -2.31. The van der Waals surface area contributed by atoms with Gasteiger partial charge in [-0.25, -0.2) is 4.79 Å². The first kappa shape index (κ1) is 46.2. The van der Waals surface area contributed by atoms with Crippen LogP contribution in [-0.2, 0) is 33.6 Å². The topological polar surface area (TPSA) is 164 Å². The van der Waals surface area contributed by atoms with Crippen molar-refractivity contribution in [2.75, 3.05) is 43.4 Å². The molecular formula is C53H59N5O7. The average molecular weight is 878 g/mol. The van der Waals surface area contributed by atoms with E-state index in [-0.39, 0.29) is 35.6 Å². The van der Waals surface area contributed by atoms with E-state index in [0.29, 0.717) is 73.3 Å². The van der Waals surface area contributed by atoms with Gasteiger partial charge in [-0.2, -0.15) is 0 Å². The summed E-state index contributed by atoms with van der Waals surface area (Å²) in [7, 11) is 1.77. The number of amides is 3. The van der Waals surface area contributed by atoms with E-state index in [1.54, 1.807) is 24.1 Å². The molecule has 0 bridgehead atoms. The Hall–Kier alpha value is -6.76. The van der Waals surface area contributed by atoms with Crippen molar-refractivity contribution in [1.82, 2.24) is 15.2 Å². The lowest BCUT2D eigenvalue weighted by molar-refractivity contribution is -0.120. The van der Waals surface area contributed by atoms with E-state index >= 15 is 0 Å². The van der Waals surface area contributed by atoms with E-state index < -0.39 is 12.2 Å². The minimum atomic E-state index is -0.722. The Morgan fingerprint density at radius 2 is 1.52 bits per heavy atom. The number of anilines is 2. The highest BCUT2D eigenvalue weighted by molar-refractivity contribution is 5.93. The van der Waals surface area contributed by atoms with Gasteiger partial charge in [0.1, 0.15) is 11.9 Å². The van der Waals surface area contributed by atoms with Crippen molar-refractivity contribution in [3.8, 4) is 16.9 Å². The van der Waals surface area contributed by atoms with Gasteiger partial charge in [0.15, 0.2) is 0 Å². The molecule has 12 nitrogen and oxygen atoms in total. The second-order valence-electron chi connectivity index (χ2n) is 17.1. The number of aromatic hydroxyl groups is 1. The second kappa shape index (κ2) is 22.2. The van der Waals surface area contributed by atoms with Crippen molar-refractivity contribution in [1.29, 1.82) is 0 Å². The van der Waals surface area contributed by atoms with Crippen LogP contribution in [0.25, 0.3) is 22.0 Å². The molecule has 6 aromatic rings. The number of hydrogen-bond donors (Lipinski definition) is 5. The van der Waals surface area contributed by atoms with Crippen molar-refractivity contribution in [3.63, 3.8) is 0 Å². The molecule has 0 saturated carbocycles. The molecule has 2 atom stereocenters. The van der Waals surface area contributed by atoms with Crippen LogP contribution in [0.4, 0.5) is 16.2 Å². The van der Waals surface area contributed by atoms with Gasteiger partial charge in [-0.05, 0) is 103 Å². The average Bonchev–Trinajstić information content (AvgIpc) is 3.31. The van der Waals surface area contributed by atoms with Gasteiger partial charge in [-0.1, -0.05) is 97.9 Å². The van der Waals surface area contributed by atoms with Crippen LogP contribution in [0.5, 0.6) is 5.75 Å². The molecule has 0 radical (unpaired) electrons. The zero-order valence-electron chi connectivity index (χ0n) is 37.2. The van der Waals surface area contributed by atoms with E-state index in [2.05, 4.69) is 51.7 Å². The highest BCUT2D eigenvalue weighted by Gasteiger charge is 2.24. The SMILES string of the molecule is CC(CC[C@H](O)c1ccc(O)c2[nH]c(=O)ccc12)Cc1ccc(CCNC(=O)Cc2ccc(N(C)C(=O)CCN3CCC(OC(=O)Nc4ccccc4-c4ccccc4)CC3)cc2)cc1. The lowest BCUT2D eigenvalue weighted by Crippen LogP contribution is -2.40. The van der Waals surface area contributed by atoms with Gasteiger partial charge in [-0.3, -0.25) is 19.7 Å². The van der Waals surface area contributed by atoms with Crippen molar-refractivity contribution in [3.05, 3.63) is 160 Å². The van der Waals surface area contributed by atoms with Gasteiger partial charge >= 0.3 is 6.09 Å². The number of phenols is 1. The first-order chi connectivity index (χ1) is 31.5. The monoisotopic (exact) mass is 877 g/mol. The summed E-state index contributed by atoms with van der Waals surface area (Å²) in [5.41, 5.74) is 7.33. The molecule has 5 aromatic carbocycles. The van der Waals surface area contributed by atoms with E-state index in [0.717, 1.165) is 53.9 Å². The third-order valence-corrected chi connectivity index (χ3v) is 12.3. The fourth-order valence-electron chi connectivity index (χ4n) is 8.49. The Labute approximate surface area is 380 Å². The van der Waals surface area contributed by atoms with E-state index in [9.17, 15) is 29.4 Å². The van der Waals surface area contributed by atoms with Gasteiger partial charge in [0.25, 0.3) is 0 Å². The van der Waals surface area contributed by atoms with Crippen LogP contribution >= 0.6 is 0 Å². The number of aliphatic hydroxyl groups is 1. The third kappa shape index (κ3) is 12.9. The fraction of sp³-hybridized carbons (Fsp3) is 0.321. The Bertz CT molecular complexity index is 2590. The number of likely N-dealkylation sites (tertiary alicyclic amines) is 1. The standard InChI is InChI=1S/C53H59N5O7/c1-36(12-23-47(59)44-21-24-48(60)52-45(44)22-25-49(61)56-52)34-38-15-13-37(14-16-38)26-30-54-50(62)35-39-17-19-41(20-18-39)57(2)51(63)29-33-58-31-27-42(28-32-58)65-53(64)55-46-11-7-6-10-43(46)40-8-4-3-5-9-40/h3-11,13-22,24-25,36,42,47,59-60H,12,23,26-35H2,1-2H3,(H,54,62)(H,55,64)(H,56,61)/t36?,47-/m0/s1. The molecule has 1 aromatic heterocycles. The van der Waals surface area contributed by atoms with Crippen molar-refractivity contribution < 1.29 is 29.3 Å². The number of nitrogens with one attached hydrogen (secondary N) is 3. The molecule has 1 aliphatic rings. The number of ether oxygens (including phenoxy) is 1. The zero-order chi connectivity index (χ0) is 45.7. The fourth-order valence-corrected chi connectivity index (χ4v) is 8.49. The second-order valence-corrected chi connectivity index (χ2v) is 17.1. The third-order valence-electron chi connectivity index (χ3n) is 12.3. The van der Waals surface area contributed by atoms with Crippen LogP contribution < -0.4 is 21.1 Å². The molecule has 0 spiro atoms. The molecule has 1 aliphatic heterocycles. The number of hydrogen-bond acceptors (Lipinski definition) is 8. The van der Waals surface area contributed by atoms with Gasteiger partial charge in [-0.15, -0.1) is 0 Å². The van der Waals surface area contributed by atoms with Crippen LogP contribution in [0, 0.1) is 5.92 Å². The van der Waals surface area contributed by atoms with Crippen molar-refractivity contribution >= 4 is 40.2 Å². The molecule has 1 unspecified atom stereocenters. The number of carbonyl (C=O) groups excluding carboxylic acids is 3. The first-order valence-electron chi connectivity index (χ1n) is 22.6. The maximum Gasteiger partial charge on any atom is 0.411 e. The number of carbonyl (C=O) groups is 3. The van der Waals surface area contributed by atoms with Crippen LogP contribution in [0.1, 0.15) is 67.4 Å². The van der Waals surface area contributed by atoms with Crippen LogP contribution in [-0.4, -0.2) is 77.3 Å². The molecule has 338 valence electrons. The number of rotatable bonds is 18. The maximum absolute atomic E-state index is 13.1. The van der Waals surface area contributed by atoms with Gasteiger partial charge in [0.05, 0.1) is 23.7 Å². The number of nitrogens with zero attached hydrogens (tertiary/aromatic N) is 2. The van der Waals surface area contributed by atoms with Gasteiger partial charge in [0, 0.05) is 62.4 Å². The van der Waals surface area contributed by atoms with E-state index in [4.69, 9.17) is 4.74 Å². The van der Waals surface area contributed by atoms with E-state index in [1.165, 1.54) is 17.7 Å². The zero-order valence-corrected chi connectivity index (χ0v) is 37.2. The number of phenolic OH excluding ortho intramolecular Hbond substituents is 1. The van der Waals surface area contributed by atoms with Crippen molar-refractivity contribution in [2.45, 2.75) is 70.5 Å². The molecule has 1 fully saturated rings. The summed E-state index contributed by atoms with van der Waals surface area (Å²) in [5.74, 6) is 0.246. The number of aromatic amines is 1. The minimum absolute atomic E-state index is 0.00437. The highest BCUT2D eigenvalue weighted by atomic mass is 16.6. The van der Waals surface area contributed by atoms with Crippen LogP contribution in [0.15, 0.2) is 132 Å². The molecule has 1 saturated heterocycles. The van der Waals surface area contributed by atoms with Gasteiger partial charge in [0.2, 0.25) is 17.4 Å². The van der Waals surface area contributed by atoms with Crippen molar-refractivity contribution in [2.24, 2.45) is 5.92 Å². The molecule has 7 rings (SSSR count). The summed E-state index contributed by atoms with van der Waals surface area (Å²) in [5, 5.41) is 27.7. The summed E-state index contributed by atoms with van der Waals surface area (Å²) in [6.07, 6.45) is 3.55. The number of aromatic nitrogens is 1. The number of benzene rings is 5. The summed E-state index contributed by atoms with van der Waals surface area (Å²) >= 11 is 0. The molecule has 3 amide bonds. The number of pyridine rings is 1. The maximum atomic E-state index is 13.1. The normalized spacial score (nSPS) is 14.1. The largest absolute Gasteiger partial charge is 0.506 e. The predicted octanol–water partition coefficient (Wildman–Crippen LogP) is 8.56. The molecular weight excluding hydrogens is 819 g/mol. The Morgan fingerprint density at radius 1 is 0.831 bits per heavy atom. The predicted molar refractivity (Wildman–Crippen MR) is 256 cm³/mol. The number of para-hydroxylation sites is 1. The number of H-pyrrole nitrogens is 1. The number of piperidine rings is 1. The Kier molecular flexibility index (Phi) is 15.8. The highest BCUT2D eigenvalue weighted by Crippen LogP contribution is 2.32. The molecule has 65 heavy (non-hydrogen) atoms. The molecule has 0 aliphatic carbocycles. The summed E-state index contributed by atoms with van der Waals surface area (Å²) < 4.78 is 5.78. The quantitative estimate of drug-likeness (QED) is 0.0574. The number of aliphatic hydroxyl groups excluding tert-OH is 1. The van der Waals surface area contributed by atoms with Crippen LogP contribution in [0.3, 0.4) is 0 Å². The molecule has 5 N–H and O–H groups in total. The van der Waals surface area contributed by atoms with E-state index in [1.807, 2.05) is 78.9 Å². The summed E-state index contributed by atoms with van der Waals surface area (Å²) in [4.78, 5) is 57.0. The molecule has 12 heteroatoms. The first-order valence-corrected chi connectivity index (χ1v) is 22.6.